The molecule has 1 aromatic carbocycles. The fraction of sp³-hybridized carbons (Fsp3) is 0.455. The van der Waals surface area contributed by atoms with Gasteiger partial charge in [0.1, 0.15) is 0 Å². The number of nitrogens with one attached hydrogen (secondary N) is 3. The molecule has 0 spiro atoms. The minimum atomic E-state index is -2.99. The Kier molecular flexibility index (Phi) is 7.04. The molecule has 1 atom stereocenters. The van der Waals surface area contributed by atoms with Crippen molar-refractivity contribution in [2.45, 2.75) is 51.2 Å². The number of fused-ring (bicyclic) bond motifs is 1. The number of alkyl halides is 2. The van der Waals surface area contributed by atoms with Gasteiger partial charge >= 0.3 is 0 Å². The van der Waals surface area contributed by atoms with Gasteiger partial charge in [-0.25, -0.2) is 13.8 Å². The summed E-state index contributed by atoms with van der Waals surface area (Å²) in [6, 6.07) is 4.55. The summed E-state index contributed by atoms with van der Waals surface area (Å²) in [6.07, 6.45) is 5.16. The maximum Gasteiger partial charge on any atom is 0.293 e. The van der Waals surface area contributed by atoms with E-state index in [1.807, 2.05) is 12.1 Å². The molecule has 3 heterocycles. The summed E-state index contributed by atoms with van der Waals surface area (Å²) in [5, 5.41) is 14.1. The van der Waals surface area contributed by atoms with Crippen molar-refractivity contribution in [1.29, 1.82) is 0 Å². The summed E-state index contributed by atoms with van der Waals surface area (Å²) in [4.78, 5) is 21.2. The molecule has 0 amide bonds. The lowest BCUT2D eigenvalue weighted by molar-refractivity contribution is -0.0319. The topological polar surface area (TPSA) is 100.0 Å². The highest BCUT2D eigenvalue weighted by molar-refractivity contribution is 6.31. The van der Waals surface area contributed by atoms with Gasteiger partial charge in [-0.05, 0) is 44.5 Å². The van der Waals surface area contributed by atoms with Crippen LogP contribution in [0.5, 0.6) is 0 Å². The first-order valence-corrected chi connectivity index (χ1v) is 11.3. The molecular formula is C22H26ClF2N7O. The number of aromatic amines is 1. The SMILES string of the molecule is Cc1cnc(NCC(F)(F)C2CCCCN2)c(=O)n1C/C=N/Cc1n[nH]c2ccc(Cl)cc12. The third kappa shape index (κ3) is 5.39. The molecular weight excluding hydrogens is 452 g/mol. The molecule has 0 bridgehead atoms. The summed E-state index contributed by atoms with van der Waals surface area (Å²) in [6.45, 7) is 2.15. The van der Waals surface area contributed by atoms with E-state index in [9.17, 15) is 13.6 Å². The molecule has 0 radical (unpaired) electrons. The third-order valence-electron chi connectivity index (χ3n) is 5.80. The van der Waals surface area contributed by atoms with Crippen molar-refractivity contribution in [3.8, 4) is 0 Å². The van der Waals surface area contributed by atoms with E-state index in [1.165, 1.54) is 10.8 Å². The predicted octanol–water partition coefficient (Wildman–Crippen LogP) is 3.54. The quantitative estimate of drug-likeness (QED) is 0.431. The van der Waals surface area contributed by atoms with Gasteiger partial charge in [0.05, 0.1) is 36.9 Å². The van der Waals surface area contributed by atoms with Crippen LogP contribution in [0, 0.1) is 6.92 Å². The summed E-state index contributed by atoms with van der Waals surface area (Å²) >= 11 is 6.06. The molecule has 4 rings (SSSR count). The zero-order valence-corrected chi connectivity index (χ0v) is 19.0. The number of aliphatic imine (C=N–C) groups is 1. The number of rotatable bonds is 8. The van der Waals surface area contributed by atoms with Crippen molar-refractivity contribution in [3.05, 3.63) is 51.2 Å². The predicted molar refractivity (Wildman–Crippen MR) is 126 cm³/mol. The zero-order chi connectivity index (χ0) is 23.4. The minimum Gasteiger partial charge on any atom is -0.359 e. The number of H-pyrrole nitrogens is 1. The Labute approximate surface area is 194 Å². The van der Waals surface area contributed by atoms with Gasteiger partial charge in [-0.15, -0.1) is 0 Å². The van der Waals surface area contributed by atoms with Crippen LogP contribution >= 0.6 is 11.6 Å². The molecule has 11 heteroatoms. The van der Waals surface area contributed by atoms with E-state index >= 15 is 0 Å². The summed E-state index contributed by atoms with van der Waals surface area (Å²) in [5.74, 6) is -3.08. The molecule has 1 aliphatic rings. The standard InChI is InChI=1S/C22H26ClF2N7O/c1-14-11-28-20(29-13-22(24,25)19-4-2-3-7-27-19)21(33)32(14)9-8-26-12-18-16-10-15(23)5-6-17(16)30-31-18/h5-6,8,10-11,19,27H,2-4,7,9,12-13H2,1H3,(H,28,29)(H,30,31)/b26-8+. The summed E-state index contributed by atoms with van der Waals surface area (Å²) in [5.41, 5.74) is 1.74. The normalized spacial score (nSPS) is 17.2. The number of aryl methyl sites for hydroxylation is 1. The van der Waals surface area contributed by atoms with E-state index in [0.29, 0.717) is 30.2 Å². The fourth-order valence-electron chi connectivity index (χ4n) is 3.91. The number of hydrogen-bond donors (Lipinski definition) is 3. The summed E-state index contributed by atoms with van der Waals surface area (Å²) in [7, 11) is 0. The first-order chi connectivity index (χ1) is 15.8. The highest BCUT2D eigenvalue weighted by Crippen LogP contribution is 2.25. The monoisotopic (exact) mass is 477 g/mol. The molecule has 1 fully saturated rings. The molecule has 1 aliphatic heterocycles. The Morgan fingerprint density at radius 1 is 1.39 bits per heavy atom. The van der Waals surface area contributed by atoms with Crippen LogP contribution in [0.1, 0.15) is 30.7 Å². The number of hydrogen-bond acceptors (Lipinski definition) is 6. The van der Waals surface area contributed by atoms with Crippen LogP contribution in [0.15, 0.2) is 34.2 Å². The molecule has 2 aromatic heterocycles. The number of nitrogens with zero attached hydrogens (tertiary/aromatic N) is 4. The number of halogens is 3. The van der Waals surface area contributed by atoms with Crippen LogP contribution in [0.2, 0.25) is 5.02 Å². The molecule has 0 saturated carbocycles. The van der Waals surface area contributed by atoms with E-state index in [0.717, 1.165) is 29.4 Å². The molecule has 1 saturated heterocycles. The molecule has 3 aromatic rings. The van der Waals surface area contributed by atoms with Gasteiger partial charge < -0.3 is 15.2 Å². The molecule has 1 unspecified atom stereocenters. The van der Waals surface area contributed by atoms with E-state index < -0.39 is 24.1 Å². The zero-order valence-electron chi connectivity index (χ0n) is 18.2. The maximum absolute atomic E-state index is 14.5. The number of piperidine rings is 1. The Bertz CT molecular complexity index is 1200. The van der Waals surface area contributed by atoms with Gasteiger partial charge in [-0.2, -0.15) is 5.10 Å². The Hall–Kier alpha value is -2.85. The van der Waals surface area contributed by atoms with Crippen LogP contribution in [0.25, 0.3) is 10.9 Å². The second-order valence-electron chi connectivity index (χ2n) is 8.16. The van der Waals surface area contributed by atoms with Crippen molar-refractivity contribution < 1.29 is 8.78 Å². The Morgan fingerprint density at radius 2 is 2.24 bits per heavy atom. The first-order valence-electron chi connectivity index (χ1n) is 10.9. The van der Waals surface area contributed by atoms with Gasteiger partial charge in [0.25, 0.3) is 11.5 Å². The van der Waals surface area contributed by atoms with Gasteiger partial charge in [0, 0.05) is 28.5 Å². The van der Waals surface area contributed by atoms with Crippen LogP contribution in [0.4, 0.5) is 14.6 Å². The number of benzene rings is 1. The molecule has 0 aliphatic carbocycles. The van der Waals surface area contributed by atoms with Crippen LogP contribution in [-0.2, 0) is 13.1 Å². The largest absolute Gasteiger partial charge is 0.359 e. The summed E-state index contributed by atoms with van der Waals surface area (Å²) < 4.78 is 30.5. The Balaban J connectivity index is 1.41. The van der Waals surface area contributed by atoms with Crippen molar-refractivity contribution in [3.63, 3.8) is 0 Å². The number of aromatic nitrogens is 4. The Morgan fingerprint density at radius 3 is 3.03 bits per heavy atom. The van der Waals surface area contributed by atoms with Gasteiger partial charge in [0.2, 0.25) is 0 Å². The van der Waals surface area contributed by atoms with Crippen molar-refractivity contribution in [1.82, 2.24) is 25.1 Å². The first kappa shape index (κ1) is 23.3. The average Bonchev–Trinajstić information content (AvgIpc) is 3.20. The lowest BCUT2D eigenvalue weighted by Crippen LogP contribution is -2.51. The lowest BCUT2D eigenvalue weighted by Gasteiger charge is -2.31. The molecule has 176 valence electrons. The van der Waals surface area contributed by atoms with E-state index in [-0.39, 0.29) is 12.4 Å². The average molecular weight is 478 g/mol. The lowest BCUT2D eigenvalue weighted by atomic mass is 9.99. The molecule has 3 N–H and O–H groups in total. The van der Waals surface area contributed by atoms with Gasteiger partial charge in [-0.1, -0.05) is 18.0 Å². The van der Waals surface area contributed by atoms with E-state index in [2.05, 4.69) is 30.8 Å². The highest BCUT2D eigenvalue weighted by atomic mass is 35.5. The van der Waals surface area contributed by atoms with Gasteiger partial charge in [0.15, 0.2) is 5.82 Å². The van der Waals surface area contributed by atoms with Crippen molar-refractivity contribution in [2.75, 3.05) is 18.4 Å². The second-order valence-corrected chi connectivity index (χ2v) is 8.60. The smallest absolute Gasteiger partial charge is 0.293 e. The fourth-order valence-corrected chi connectivity index (χ4v) is 4.08. The van der Waals surface area contributed by atoms with E-state index in [4.69, 9.17) is 11.6 Å². The molecule has 33 heavy (non-hydrogen) atoms. The van der Waals surface area contributed by atoms with Crippen LogP contribution in [0.3, 0.4) is 0 Å². The molecule has 8 nitrogen and oxygen atoms in total. The third-order valence-corrected chi connectivity index (χ3v) is 6.04. The number of anilines is 1. The van der Waals surface area contributed by atoms with Crippen LogP contribution in [-0.4, -0.2) is 51.0 Å². The highest BCUT2D eigenvalue weighted by Gasteiger charge is 2.40. The van der Waals surface area contributed by atoms with Crippen molar-refractivity contribution in [2.24, 2.45) is 4.99 Å². The van der Waals surface area contributed by atoms with Crippen LogP contribution < -0.4 is 16.2 Å². The van der Waals surface area contributed by atoms with E-state index in [1.54, 1.807) is 19.2 Å². The minimum absolute atomic E-state index is 0.0996. The van der Waals surface area contributed by atoms with Gasteiger partial charge in [-0.3, -0.25) is 14.9 Å². The maximum atomic E-state index is 14.5. The van der Waals surface area contributed by atoms with Crippen molar-refractivity contribution >= 4 is 34.5 Å². The second kappa shape index (κ2) is 9.96.